The van der Waals surface area contributed by atoms with Gasteiger partial charge in [-0.2, -0.15) is 0 Å². The summed E-state index contributed by atoms with van der Waals surface area (Å²) in [5, 5.41) is 0.608. The predicted octanol–water partition coefficient (Wildman–Crippen LogP) is 4.28. The molecular formula is C16H15ClO2. The highest BCUT2D eigenvalue weighted by Gasteiger charge is 2.10. The smallest absolute Gasteiger partial charge is 0.193 e. The standard InChI is InChI=1S/C16H15ClO2/c1-3-19-14-8-6-12(7-9-14)16(18)13-5-4-11(2)15(17)10-13/h4-10H,3H2,1-2H3. The van der Waals surface area contributed by atoms with Crippen LogP contribution in [0.5, 0.6) is 5.75 Å². The minimum absolute atomic E-state index is 0.0371. The van der Waals surface area contributed by atoms with Gasteiger partial charge in [-0.05, 0) is 49.7 Å². The average molecular weight is 275 g/mol. The van der Waals surface area contributed by atoms with E-state index in [1.807, 2.05) is 19.9 Å². The van der Waals surface area contributed by atoms with Crippen molar-refractivity contribution < 1.29 is 9.53 Å². The van der Waals surface area contributed by atoms with Gasteiger partial charge in [0.1, 0.15) is 5.75 Å². The van der Waals surface area contributed by atoms with E-state index in [4.69, 9.17) is 16.3 Å². The van der Waals surface area contributed by atoms with Crippen molar-refractivity contribution in [1.82, 2.24) is 0 Å². The Morgan fingerprint density at radius 2 is 1.74 bits per heavy atom. The Labute approximate surface area is 118 Å². The maximum Gasteiger partial charge on any atom is 0.193 e. The Bertz CT molecular complexity index is 588. The molecule has 2 rings (SSSR count). The SMILES string of the molecule is CCOc1ccc(C(=O)c2ccc(C)c(Cl)c2)cc1. The van der Waals surface area contributed by atoms with E-state index in [2.05, 4.69) is 0 Å². The zero-order valence-electron chi connectivity index (χ0n) is 10.9. The van der Waals surface area contributed by atoms with E-state index in [0.29, 0.717) is 22.8 Å². The average Bonchev–Trinajstić information content (AvgIpc) is 2.42. The van der Waals surface area contributed by atoms with Crippen molar-refractivity contribution in [2.45, 2.75) is 13.8 Å². The van der Waals surface area contributed by atoms with Gasteiger partial charge in [0.15, 0.2) is 5.78 Å². The molecule has 0 heterocycles. The first-order valence-electron chi connectivity index (χ1n) is 6.15. The van der Waals surface area contributed by atoms with Crippen LogP contribution in [0.2, 0.25) is 5.02 Å². The van der Waals surface area contributed by atoms with Crippen LogP contribution in [0.15, 0.2) is 42.5 Å². The van der Waals surface area contributed by atoms with Gasteiger partial charge in [0.25, 0.3) is 0 Å². The Morgan fingerprint density at radius 3 is 2.32 bits per heavy atom. The van der Waals surface area contributed by atoms with E-state index in [9.17, 15) is 4.79 Å². The maximum absolute atomic E-state index is 12.3. The van der Waals surface area contributed by atoms with Crippen LogP contribution in [0.3, 0.4) is 0 Å². The largest absolute Gasteiger partial charge is 0.494 e. The monoisotopic (exact) mass is 274 g/mol. The quantitative estimate of drug-likeness (QED) is 0.778. The number of aryl methyl sites for hydroxylation is 1. The lowest BCUT2D eigenvalue weighted by Crippen LogP contribution is -2.01. The zero-order chi connectivity index (χ0) is 13.8. The van der Waals surface area contributed by atoms with Crippen LogP contribution in [0.25, 0.3) is 0 Å². The highest BCUT2D eigenvalue weighted by Crippen LogP contribution is 2.20. The van der Waals surface area contributed by atoms with Crippen LogP contribution in [0.1, 0.15) is 28.4 Å². The Hall–Kier alpha value is -1.80. The van der Waals surface area contributed by atoms with Crippen molar-refractivity contribution in [3.8, 4) is 5.75 Å². The molecule has 0 aliphatic rings. The molecule has 0 saturated carbocycles. The summed E-state index contributed by atoms with van der Waals surface area (Å²) in [6, 6.07) is 12.5. The summed E-state index contributed by atoms with van der Waals surface area (Å²) in [4.78, 5) is 12.3. The molecule has 0 aromatic heterocycles. The summed E-state index contributed by atoms with van der Waals surface area (Å²) in [6.07, 6.45) is 0. The third-order valence-corrected chi connectivity index (χ3v) is 3.27. The third kappa shape index (κ3) is 3.15. The lowest BCUT2D eigenvalue weighted by atomic mass is 10.0. The molecule has 2 nitrogen and oxygen atoms in total. The number of benzene rings is 2. The lowest BCUT2D eigenvalue weighted by molar-refractivity contribution is 0.103. The van der Waals surface area contributed by atoms with Gasteiger partial charge in [-0.25, -0.2) is 0 Å². The number of halogens is 1. The molecule has 0 fully saturated rings. The predicted molar refractivity (Wildman–Crippen MR) is 77.2 cm³/mol. The van der Waals surface area contributed by atoms with E-state index in [-0.39, 0.29) is 5.78 Å². The highest BCUT2D eigenvalue weighted by atomic mass is 35.5. The van der Waals surface area contributed by atoms with Crippen molar-refractivity contribution in [2.75, 3.05) is 6.61 Å². The molecule has 0 aliphatic heterocycles. The van der Waals surface area contributed by atoms with E-state index >= 15 is 0 Å². The summed E-state index contributed by atoms with van der Waals surface area (Å²) < 4.78 is 5.35. The normalized spacial score (nSPS) is 10.3. The fourth-order valence-corrected chi connectivity index (χ4v) is 1.95. The number of hydrogen-bond donors (Lipinski definition) is 0. The van der Waals surface area contributed by atoms with Gasteiger partial charge in [0.05, 0.1) is 6.61 Å². The van der Waals surface area contributed by atoms with E-state index in [1.165, 1.54) is 0 Å². The molecule has 0 spiro atoms. The third-order valence-electron chi connectivity index (χ3n) is 2.86. The second-order valence-electron chi connectivity index (χ2n) is 4.25. The molecule has 0 aliphatic carbocycles. The van der Waals surface area contributed by atoms with Crippen molar-refractivity contribution in [1.29, 1.82) is 0 Å². The summed E-state index contributed by atoms with van der Waals surface area (Å²) in [7, 11) is 0. The van der Waals surface area contributed by atoms with Crippen LogP contribution in [0, 0.1) is 6.92 Å². The van der Waals surface area contributed by atoms with Crippen molar-refractivity contribution in [2.24, 2.45) is 0 Å². The van der Waals surface area contributed by atoms with Crippen molar-refractivity contribution in [3.63, 3.8) is 0 Å². The number of hydrogen-bond acceptors (Lipinski definition) is 2. The van der Waals surface area contributed by atoms with E-state index in [0.717, 1.165) is 11.3 Å². The van der Waals surface area contributed by atoms with Gasteiger partial charge in [0, 0.05) is 16.1 Å². The van der Waals surface area contributed by atoms with E-state index in [1.54, 1.807) is 36.4 Å². The minimum atomic E-state index is -0.0371. The van der Waals surface area contributed by atoms with Crippen LogP contribution in [-0.4, -0.2) is 12.4 Å². The highest BCUT2D eigenvalue weighted by molar-refractivity contribution is 6.31. The first kappa shape index (κ1) is 13.6. The molecule has 19 heavy (non-hydrogen) atoms. The fourth-order valence-electron chi connectivity index (χ4n) is 1.77. The summed E-state index contributed by atoms with van der Waals surface area (Å²) in [5.74, 6) is 0.728. The lowest BCUT2D eigenvalue weighted by Gasteiger charge is -2.06. The van der Waals surface area contributed by atoms with Gasteiger partial charge < -0.3 is 4.74 Å². The molecular weight excluding hydrogens is 260 g/mol. The second kappa shape index (κ2) is 5.89. The summed E-state index contributed by atoms with van der Waals surface area (Å²) >= 11 is 6.04. The first-order chi connectivity index (χ1) is 9.11. The van der Waals surface area contributed by atoms with Gasteiger partial charge in [0.2, 0.25) is 0 Å². The van der Waals surface area contributed by atoms with Crippen molar-refractivity contribution in [3.05, 3.63) is 64.2 Å². The topological polar surface area (TPSA) is 26.3 Å². The van der Waals surface area contributed by atoms with E-state index < -0.39 is 0 Å². The van der Waals surface area contributed by atoms with Crippen LogP contribution >= 0.6 is 11.6 Å². The van der Waals surface area contributed by atoms with Crippen LogP contribution in [0.4, 0.5) is 0 Å². The Morgan fingerprint density at radius 1 is 1.11 bits per heavy atom. The molecule has 0 N–H and O–H groups in total. The van der Waals surface area contributed by atoms with Gasteiger partial charge in [-0.1, -0.05) is 23.7 Å². The molecule has 2 aromatic rings. The molecule has 0 atom stereocenters. The number of carbonyl (C=O) groups excluding carboxylic acids is 1. The number of rotatable bonds is 4. The molecule has 0 bridgehead atoms. The minimum Gasteiger partial charge on any atom is -0.494 e. The van der Waals surface area contributed by atoms with Crippen molar-refractivity contribution >= 4 is 17.4 Å². The van der Waals surface area contributed by atoms with Crippen LogP contribution in [-0.2, 0) is 0 Å². The summed E-state index contributed by atoms with van der Waals surface area (Å²) in [5.41, 5.74) is 2.19. The zero-order valence-corrected chi connectivity index (χ0v) is 11.7. The molecule has 0 amide bonds. The number of carbonyl (C=O) groups is 1. The first-order valence-corrected chi connectivity index (χ1v) is 6.53. The Kier molecular flexibility index (Phi) is 4.23. The molecule has 0 saturated heterocycles. The molecule has 98 valence electrons. The molecule has 0 unspecified atom stereocenters. The second-order valence-corrected chi connectivity index (χ2v) is 4.66. The van der Waals surface area contributed by atoms with Crippen LogP contribution < -0.4 is 4.74 Å². The fraction of sp³-hybridized carbons (Fsp3) is 0.188. The maximum atomic E-state index is 12.3. The van der Waals surface area contributed by atoms with Gasteiger partial charge in [-0.3, -0.25) is 4.79 Å². The molecule has 0 radical (unpaired) electrons. The molecule has 3 heteroatoms. The molecule has 2 aromatic carbocycles. The number of ketones is 1. The number of ether oxygens (including phenoxy) is 1. The summed E-state index contributed by atoms with van der Waals surface area (Å²) in [6.45, 7) is 4.45. The van der Waals surface area contributed by atoms with Gasteiger partial charge >= 0.3 is 0 Å². The Balaban J connectivity index is 2.25. The van der Waals surface area contributed by atoms with Gasteiger partial charge in [-0.15, -0.1) is 0 Å².